The largest absolute Gasteiger partial charge is 0.492 e. The van der Waals surface area contributed by atoms with Crippen LogP contribution in [-0.2, 0) is 21.5 Å². The summed E-state index contributed by atoms with van der Waals surface area (Å²) >= 11 is 0. The lowest BCUT2D eigenvalue weighted by Crippen LogP contribution is -2.41. The number of benzene rings is 1. The number of ether oxygens (including phenoxy) is 1. The lowest BCUT2D eigenvalue weighted by molar-refractivity contribution is -0.132. The van der Waals surface area contributed by atoms with E-state index in [2.05, 4.69) is 22.0 Å². The van der Waals surface area contributed by atoms with Crippen LogP contribution in [-0.4, -0.2) is 37.4 Å². The normalized spacial score (nSPS) is 22.5. The Balaban J connectivity index is 0.000000178. The van der Waals surface area contributed by atoms with E-state index in [1.54, 1.807) is 0 Å². The first-order valence-electron chi connectivity index (χ1n) is 9.19. The molecule has 2 fully saturated rings. The highest BCUT2D eigenvalue weighted by Crippen LogP contribution is 2.45. The molecule has 4 aliphatic rings. The van der Waals surface area contributed by atoms with Crippen molar-refractivity contribution in [3.63, 3.8) is 0 Å². The van der Waals surface area contributed by atoms with E-state index in [1.807, 2.05) is 6.07 Å². The molecule has 4 aliphatic heterocycles. The second-order valence-electron chi connectivity index (χ2n) is 7.33. The number of carbonyl (C=O) groups excluding carboxylic acids is 3. The molecule has 2 saturated heterocycles. The summed E-state index contributed by atoms with van der Waals surface area (Å²) in [6.07, 6.45) is 3.97. The Bertz CT molecular complexity index is 754. The minimum absolute atomic E-state index is 0.0302. The van der Waals surface area contributed by atoms with Crippen molar-refractivity contribution >= 4 is 17.7 Å². The number of carbonyl (C=O) groups is 3. The molecule has 26 heavy (non-hydrogen) atoms. The van der Waals surface area contributed by atoms with Crippen LogP contribution in [0, 0.1) is 0 Å². The Morgan fingerprint density at radius 2 is 1.73 bits per heavy atom. The fraction of sp³-hybridized carbons (Fsp3) is 0.526. The number of piperidine rings is 2. The summed E-state index contributed by atoms with van der Waals surface area (Å²) in [5, 5.41) is 8.48. The van der Waals surface area contributed by atoms with Crippen molar-refractivity contribution in [3.8, 4) is 5.75 Å². The first-order valence-corrected chi connectivity index (χ1v) is 9.19. The fourth-order valence-electron chi connectivity index (χ4n) is 4.09. The Hall–Kier alpha value is -2.41. The summed E-state index contributed by atoms with van der Waals surface area (Å²) < 4.78 is 5.86. The summed E-state index contributed by atoms with van der Waals surface area (Å²) in [6, 6.07) is 4.13. The van der Waals surface area contributed by atoms with E-state index < -0.39 is 0 Å². The van der Waals surface area contributed by atoms with Crippen LogP contribution >= 0.6 is 0 Å². The van der Waals surface area contributed by atoms with Crippen LogP contribution in [0.1, 0.15) is 53.6 Å². The summed E-state index contributed by atoms with van der Waals surface area (Å²) in [6.45, 7) is 3.54. The third-order valence-electron chi connectivity index (χ3n) is 5.61. The summed E-state index contributed by atoms with van der Waals surface area (Å²) in [4.78, 5) is 32.3. The van der Waals surface area contributed by atoms with Gasteiger partial charge in [0.1, 0.15) is 5.75 Å². The summed E-state index contributed by atoms with van der Waals surface area (Å²) in [7, 11) is 0. The minimum atomic E-state index is -0.138. The average molecular weight is 357 g/mol. The second kappa shape index (κ2) is 6.72. The second-order valence-corrected chi connectivity index (χ2v) is 7.33. The first-order chi connectivity index (χ1) is 12.6. The monoisotopic (exact) mass is 357 g/mol. The summed E-state index contributed by atoms with van der Waals surface area (Å²) in [5.41, 5.74) is 3.42. The van der Waals surface area contributed by atoms with Gasteiger partial charge in [0.15, 0.2) is 0 Å². The number of hydrogen-bond acceptors (Lipinski definition) is 5. The van der Waals surface area contributed by atoms with Gasteiger partial charge in [0, 0.05) is 35.9 Å². The Kier molecular flexibility index (Phi) is 4.40. The van der Waals surface area contributed by atoms with E-state index in [4.69, 9.17) is 4.74 Å². The van der Waals surface area contributed by atoms with Gasteiger partial charge in [-0.05, 0) is 50.0 Å². The molecule has 3 amide bonds. The van der Waals surface area contributed by atoms with E-state index >= 15 is 0 Å². The molecular formula is C19H23N3O4. The van der Waals surface area contributed by atoms with E-state index in [0.717, 1.165) is 49.4 Å². The number of amides is 3. The van der Waals surface area contributed by atoms with Gasteiger partial charge in [0.05, 0.1) is 6.61 Å². The lowest BCUT2D eigenvalue weighted by Gasteiger charge is -2.32. The van der Waals surface area contributed by atoms with Crippen molar-refractivity contribution in [2.45, 2.75) is 44.1 Å². The van der Waals surface area contributed by atoms with Crippen molar-refractivity contribution in [2.24, 2.45) is 0 Å². The Morgan fingerprint density at radius 3 is 2.38 bits per heavy atom. The average Bonchev–Trinajstić information content (AvgIpc) is 3.16. The van der Waals surface area contributed by atoms with Crippen LogP contribution in [0.3, 0.4) is 0 Å². The molecule has 3 N–H and O–H groups in total. The molecule has 0 bridgehead atoms. The van der Waals surface area contributed by atoms with Gasteiger partial charge in [-0.3, -0.25) is 19.7 Å². The number of nitrogens with one attached hydrogen (secondary N) is 3. The molecule has 0 aromatic heterocycles. The van der Waals surface area contributed by atoms with Crippen molar-refractivity contribution in [2.75, 3.05) is 19.7 Å². The van der Waals surface area contributed by atoms with Crippen molar-refractivity contribution < 1.29 is 19.1 Å². The zero-order chi connectivity index (χ0) is 18.1. The molecule has 7 heteroatoms. The zero-order valence-corrected chi connectivity index (χ0v) is 14.7. The summed E-state index contributed by atoms with van der Waals surface area (Å²) in [5.74, 6) is 0.679. The predicted molar refractivity (Wildman–Crippen MR) is 93.9 cm³/mol. The molecule has 0 radical (unpaired) electrons. The maximum Gasteiger partial charge on any atom is 0.252 e. The van der Waals surface area contributed by atoms with E-state index in [1.165, 1.54) is 5.56 Å². The first kappa shape index (κ1) is 17.0. The molecule has 0 saturated carbocycles. The molecule has 138 valence electrons. The molecular weight excluding hydrogens is 334 g/mol. The molecule has 7 nitrogen and oxygen atoms in total. The molecule has 4 heterocycles. The van der Waals surface area contributed by atoms with Gasteiger partial charge in [-0.1, -0.05) is 0 Å². The van der Waals surface area contributed by atoms with Gasteiger partial charge in [0.25, 0.3) is 5.91 Å². The van der Waals surface area contributed by atoms with E-state index in [0.29, 0.717) is 25.8 Å². The standard InChI is InChI=1S/C14H16N2O2.C5H7NO2/c17-13-10-6-12-11(5-9(10)7-16-13)14(8-18-12)1-3-15-4-2-14;7-4-2-1-3-5(8)6-4/h5-6,15H,1-4,7-8H2,(H,16,17);1-3H2,(H,6,7,8). The van der Waals surface area contributed by atoms with Crippen LogP contribution in [0.15, 0.2) is 12.1 Å². The fourth-order valence-corrected chi connectivity index (χ4v) is 4.09. The molecule has 0 atom stereocenters. The lowest BCUT2D eigenvalue weighted by atomic mass is 9.74. The minimum Gasteiger partial charge on any atom is -0.492 e. The number of imide groups is 1. The number of rotatable bonds is 0. The van der Waals surface area contributed by atoms with Crippen LogP contribution in [0.2, 0.25) is 0 Å². The SMILES string of the molecule is O=C1CCCC(=O)N1.O=C1NCc2cc3c(cc21)OCC31CCNCC1. The number of hydrogen-bond donors (Lipinski definition) is 3. The Morgan fingerprint density at radius 1 is 1.00 bits per heavy atom. The van der Waals surface area contributed by atoms with Gasteiger partial charge in [-0.2, -0.15) is 0 Å². The van der Waals surface area contributed by atoms with Crippen molar-refractivity contribution in [1.82, 2.24) is 16.0 Å². The zero-order valence-electron chi connectivity index (χ0n) is 14.7. The quantitative estimate of drug-likeness (QED) is 0.596. The van der Waals surface area contributed by atoms with E-state index in [9.17, 15) is 14.4 Å². The predicted octanol–water partition coefficient (Wildman–Crippen LogP) is 0.757. The maximum absolute atomic E-state index is 11.7. The van der Waals surface area contributed by atoms with Crippen molar-refractivity contribution in [1.29, 1.82) is 0 Å². The molecule has 1 aromatic carbocycles. The van der Waals surface area contributed by atoms with Gasteiger partial charge < -0.3 is 15.4 Å². The van der Waals surface area contributed by atoms with Gasteiger partial charge in [-0.15, -0.1) is 0 Å². The van der Waals surface area contributed by atoms with E-state index in [-0.39, 0.29) is 23.1 Å². The molecule has 0 aliphatic carbocycles. The Labute approximate surface area is 151 Å². The third kappa shape index (κ3) is 3.07. The maximum atomic E-state index is 11.7. The smallest absolute Gasteiger partial charge is 0.252 e. The van der Waals surface area contributed by atoms with Gasteiger partial charge >= 0.3 is 0 Å². The topological polar surface area (TPSA) is 96.5 Å². The molecule has 0 unspecified atom stereocenters. The number of fused-ring (bicyclic) bond motifs is 3. The molecule has 5 rings (SSSR count). The third-order valence-corrected chi connectivity index (χ3v) is 5.61. The highest BCUT2D eigenvalue weighted by atomic mass is 16.5. The van der Waals surface area contributed by atoms with Crippen LogP contribution in [0.4, 0.5) is 0 Å². The van der Waals surface area contributed by atoms with Gasteiger partial charge in [0.2, 0.25) is 11.8 Å². The molecule has 1 aromatic rings. The van der Waals surface area contributed by atoms with Crippen LogP contribution in [0.25, 0.3) is 0 Å². The van der Waals surface area contributed by atoms with Gasteiger partial charge in [-0.25, -0.2) is 0 Å². The van der Waals surface area contributed by atoms with Crippen LogP contribution < -0.4 is 20.7 Å². The highest BCUT2D eigenvalue weighted by Gasteiger charge is 2.42. The van der Waals surface area contributed by atoms with Crippen LogP contribution in [0.5, 0.6) is 5.75 Å². The highest BCUT2D eigenvalue weighted by molar-refractivity contribution is 5.99. The molecule has 1 spiro atoms. The van der Waals surface area contributed by atoms with Crippen molar-refractivity contribution in [3.05, 3.63) is 28.8 Å².